The van der Waals surface area contributed by atoms with Gasteiger partial charge in [0.15, 0.2) is 0 Å². The van der Waals surface area contributed by atoms with E-state index >= 15 is 0 Å². The summed E-state index contributed by atoms with van der Waals surface area (Å²) in [6.07, 6.45) is 0. The monoisotopic (exact) mass is 335 g/mol. The summed E-state index contributed by atoms with van der Waals surface area (Å²) in [5.74, 6) is -1.99. The van der Waals surface area contributed by atoms with E-state index in [0.29, 0.717) is 10.6 Å². The van der Waals surface area contributed by atoms with E-state index in [-0.39, 0.29) is 22.9 Å². The lowest BCUT2D eigenvalue weighted by Gasteiger charge is -2.23. The summed E-state index contributed by atoms with van der Waals surface area (Å²) in [7, 11) is 0. The largest absolute Gasteiger partial charge is 0.548 e. The van der Waals surface area contributed by atoms with Gasteiger partial charge in [0.1, 0.15) is 17.0 Å². The molecule has 1 heterocycles. The number of hydrogen-bond acceptors (Lipinski definition) is 5. The highest BCUT2D eigenvalue weighted by Gasteiger charge is 2.26. The predicted molar refractivity (Wildman–Crippen MR) is 82.8 cm³/mol. The van der Waals surface area contributed by atoms with Crippen LogP contribution in [0.25, 0.3) is 11.3 Å². The molecule has 7 heteroatoms. The molecule has 1 amide bonds. The number of nitrogens with one attached hydrogen (secondary N) is 1. The van der Waals surface area contributed by atoms with Crippen molar-refractivity contribution in [1.29, 1.82) is 0 Å². The smallest absolute Gasteiger partial charge is 0.257 e. The SMILES string of the molecule is Cc1onc(-c2ccccc2Cl)c1C(=O)N[C@H](C(=O)[O-])C(C)C. The second-order valence-electron chi connectivity index (χ2n) is 5.46. The van der Waals surface area contributed by atoms with Crippen molar-refractivity contribution in [2.24, 2.45) is 5.92 Å². The minimum atomic E-state index is -1.35. The Morgan fingerprint density at radius 3 is 2.52 bits per heavy atom. The van der Waals surface area contributed by atoms with Gasteiger partial charge in [0.05, 0.1) is 17.0 Å². The molecule has 23 heavy (non-hydrogen) atoms. The highest BCUT2D eigenvalue weighted by Crippen LogP contribution is 2.31. The number of carbonyl (C=O) groups is 2. The van der Waals surface area contributed by atoms with Gasteiger partial charge < -0.3 is 19.7 Å². The summed E-state index contributed by atoms with van der Waals surface area (Å²) >= 11 is 6.13. The first-order chi connectivity index (χ1) is 10.8. The Labute approximate surface area is 138 Å². The minimum absolute atomic E-state index is 0.157. The van der Waals surface area contributed by atoms with Crippen molar-refractivity contribution in [3.05, 3.63) is 40.6 Å². The number of rotatable bonds is 5. The van der Waals surface area contributed by atoms with Crippen LogP contribution in [0.1, 0.15) is 30.0 Å². The number of amides is 1. The van der Waals surface area contributed by atoms with Crippen molar-refractivity contribution in [3.63, 3.8) is 0 Å². The number of carboxylic acids is 1. The molecule has 0 saturated heterocycles. The third kappa shape index (κ3) is 3.53. The minimum Gasteiger partial charge on any atom is -0.548 e. The number of aryl methyl sites for hydroxylation is 1. The zero-order valence-electron chi connectivity index (χ0n) is 12.9. The molecule has 1 N–H and O–H groups in total. The van der Waals surface area contributed by atoms with E-state index in [1.165, 1.54) is 0 Å². The first-order valence-corrected chi connectivity index (χ1v) is 7.43. The lowest BCUT2D eigenvalue weighted by molar-refractivity contribution is -0.309. The van der Waals surface area contributed by atoms with Crippen molar-refractivity contribution in [2.45, 2.75) is 26.8 Å². The summed E-state index contributed by atoms with van der Waals surface area (Å²) < 4.78 is 5.10. The van der Waals surface area contributed by atoms with Gasteiger partial charge in [-0.25, -0.2) is 0 Å². The van der Waals surface area contributed by atoms with E-state index < -0.39 is 17.9 Å². The Morgan fingerprint density at radius 2 is 1.96 bits per heavy atom. The quantitative estimate of drug-likeness (QED) is 0.899. The second-order valence-corrected chi connectivity index (χ2v) is 5.86. The molecule has 0 fully saturated rings. The Morgan fingerprint density at radius 1 is 1.30 bits per heavy atom. The van der Waals surface area contributed by atoms with Gasteiger partial charge in [-0.3, -0.25) is 4.79 Å². The topological polar surface area (TPSA) is 95.3 Å². The first-order valence-electron chi connectivity index (χ1n) is 7.05. The molecule has 1 atom stereocenters. The van der Waals surface area contributed by atoms with Crippen LogP contribution in [0.15, 0.2) is 28.8 Å². The molecule has 2 rings (SSSR count). The summed E-state index contributed by atoms with van der Waals surface area (Å²) in [6.45, 7) is 4.93. The molecule has 0 aliphatic heterocycles. The molecule has 0 unspecified atom stereocenters. The van der Waals surface area contributed by atoms with E-state index in [2.05, 4.69) is 10.5 Å². The van der Waals surface area contributed by atoms with Gasteiger partial charge >= 0.3 is 0 Å². The van der Waals surface area contributed by atoms with Gasteiger partial charge in [-0.05, 0) is 18.9 Å². The van der Waals surface area contributed by atoms with Crippen LogP contribution < -0.4 is 10.4 Å². The number of aromatic nitrogens is 1. The molecule has 1 aromatic carbocycles. The van der Waals surface area contributed by atoms with Crippen LogP contribution in [0.5, 0.6) is 0 Å². The van der Waals surface area contributed by atoms with E-state index in [9.17, 15) is 14.7 Å². The first kappa shape index (κ1) is 17.0. The van der Waals surface area contributed by atoms with Crippen LogP contribution >= 0.6 is 11.6 Å². The molecule has 0 radical (unpaired) electrons. The van der Waals surface area contributed by atoms with E-state index in [4.69, 9.17) is 16.1 Å². The molecule has 0 bridgehead atoms. The predicted octanol–water partition coefficient (Wildman–Crippen LogP) is 1.81. The van der Waals surface area contributed by atoms with Gasteiger partial charge in [0.25, 0.3) is 5.91 Å². The fourth-order valence-corrected chi connectivity index (χ4v) is 2.41. The highest BCUT2D eigenvalue weighted by atomic mass is 35.5. The van der Waals surface area contributed by atoms with Crippen molar-refractivity contribution < 1.29 is 19.2 Å². The molecule has 122 valence electrons. The van der Waals surface area contributed by atoms with Gasteiger partial charge in [0, 0.05) is 5.56 Å². The van der Waals surface area contributed by atoms with Crippen molar-refractivity contribution in [2.75, 3.05) is 0 Å². The molecular formula is C16H16ClN2O4-. The maximum Gasteiger partial charge on any atom is 0.257 e. The number of carbonyl (C=O) groups excluding carboxylic acids is 2. The van der Waals surface area contributed by atoms with Gasteiger partial charge in [-0.1, -0.05) is 48.8 Å². The molecule has 0 saturated carbocycles. The molecule has 0 spiro atoms. The lowest BCUT2D eigenvalue weighted by atomic mass is 10.0. The Kier molecular flexibility index (Phi) is 5.05. The van der Waals surface area contributed by atoms with Gasteiger partial charge in [0.2, 0.25) is 0 Å². The number of benzene rings is 1. The van der Waals surface area contributed by atoms with Crippen LogP contribution in [0.4, 0.5) is 0 Å². The summed E-state index contributed by atoms with van der Waals surface area (Å²) in [4.78, 5) is 23.7. The van der Waals surface area contributed by atoms with Crippen LogP contribution in [0.3, 0.4) is 0 Å². The standard InChI is InChI=1S/C16H17ClN2O4/c1-8(2)13(16(21)22)18-15(20)12-9(3)23-19-14(12)10-6-4-5-7-11(10)17/h4-8,13H,1-3H3,(H,18,20)(H,21,22)/p-1/t13-/m0/s1. The van der Waals surface area contributed by atoms with Crippen molar-refractivity contribution in [1.82, 2.24) is 10.5 Å². The molecule has 1 aromatic heterocycles. The summed E-state index contributed by atoms with van der Waals surface area (Å²) in [5, 5.41) is 17.9. The van der Waals surface area contributed by atoms with Crippen molar-refractivity contribution in [3.8, 4) is 11.3 Å². The maximum absolute atomic E-state index is 12.5. The average Bonchev–Trinajstić information content (AvgIpc) is 2.86. The number of hydrogen-bond donors (Lipinski definition) is 1. The summed E-state index contributed by atoms with van der Waals surface area (Å²) in [6, 6.07) is 5.76. The Hall–Kier alpha value is -2.34. The fraction of sp³-hybridized carbons (Fsp3) is 0.312. The van der Waals surface area contributed by atoms with Crippen LogP contribution in [-0.4, -0.2) is 23.1 Å². The maximum atomic E-state index is 12.5. The van der Waals surface area contributed by atoms with Crippen molar-refractivity contribution >= 4 is 23.5 Å². The molecular weight excluding hydrogens is 320 g/mol. The normalized spacial score (nSPS) is 12.2. The summed E-state index contributed by atoms with van der Waals surface area (Å²) in [5.41, 5.74) is 0.960. The zero-order chi connectivity index (χ0) is 17.1. The molecule has 0 aliphatic carbocycles. The van der Waals surface area contributed by atoms with E-state index in [1.54, 1.807) is 45.0 Å². The third-order valence-corrected chi connectivity index (χ3v) is 3.76. The van der Waals surface area contributed by atoms with Crippen LogP contribution in [-0.2, 0) is 4.79 Å². The third-order valence-electron chi connectivity index (χ3n) is 3.43. The number of aliphatic carboxylic acids is 1. The van der Waals surface area contributed by atoms with E-state index in [1.807, 2.05) is 0 Å². The van der Waals surface area contributed by atoms with E-state index in [0.717, 1.165) is 0 Å². The van der Waals surface area contributed by atoms with Gasteiger partial charge in [-0.15, -0.1) is 0 Å². The highest BCUT2D eigenvalue weighted by molar-refractivity contribution is 6.33. The number of halogens is 1. The number of nitrogens with zero attached hydrogens (tertiary/aromatic N) is 1. The second kappa shape index (κ2) is 6.83. The Bertz CT molecular complexity index is 739. The van der Waals surface area contributed by atoms with Crippen LogP contribution in [0, 0.1) is 12.8 Å². The molecule has 2 aromatic rings. The average molecular weight is 336 g/mol. The van der Waals surface area contributed by atoms with Crippen LogP contribution in [0.2, 0.25) is 5.02 Å². The fourth-order valence-electron chi connectivity index (χ4n) is 2.19. The Balaban J connectivity index is 2.41. The lowest BCUT2D eigenvalue weighted by Crippen LogP contribution is -2.50. The molecule has 0 aliphatic rings. The molecule has 6 nitrogen and oxygen atoms in total. The van der Waals surface area contributed by atoms with Gasteiger partial charge in [-0.2, -0.15) is 0 Å². The zero-order valence-corrected chi connectivity index (χ0v) is 13.7. The number of carboxylic acid groups (broad SMARTS) is 1.